The molecule has 0 aliphatic carbocycles. The van der Waals surface area contributed by atoms with Crippen molar-refractivity contribution in [2.45, 2.75) is 44.6 Å². The number of rotatable bonds is 2. The average Bonchev–Trinajstić information content (AvgIpc) is 3.11. The third-order valence-electron chi connectivity index (χ3n) is 5.62. The first kappa shape index (κ1) is 18.6. The molecule has 2 fully saturated rings. The van der Waals surface area contributed by atoms with Crippen molar-refractivity contribution in [3.8, 4) is 0 Å². The van der Waals surface area contributed by atoms with Gasteiger partial charge in [0.2, 0.25) is 0 Å². The molecule has 1 aromatic carbocycles. The molecule has 2 saturated heterocycles. The Morgan fingerprint density at radius 1 is 1.32 bits per heavy atom. The number of aromatic amines is 1. The summed E-state index contributed by atoms with van der Waals surface area (Å²) in [6, 6.07) is 5.58. The fourth-order valence-electron chi connectivity index (χ4n) is 4.01. The summed E-state index contributed by atoms with van der Waals surface area (Å²) in [5, 5.41) is 2.99. The van der Waals surface area contributed by atoms with Gasteiger partial charge in [0.05, 0.1) is 17.6 Å². The summed E-state index contributed by atoms with van der Waals surface area (Å²) in [6.45, 7) is 5.99. The molecular formula is C20H27N5O3. The summed E-state index contributed by atoms with van der Waals surface area (Å²) in [6.07, 6.45) is 1.98. The van der Waals surface area contributed by atoms with E-state index in [9.17, 15) is 9.59 Å². The number of urea groups is 1. The van der Waals surface area contributed by atoms with E-state index in [1.165, 1.54) is 0 Å². The van der Waals surface area contributed by atoms with Crippen molar-refractivity contribution in [3.05, 3.63) is 24.0 Å². The number of nitrogens with zero attached hydrogens (tertiary/aromatic N) is 3. The third kappa shape index (κ3) is 3.50. The molecule has 2 aliphatic rings. The molecule has 28 heavy (non-hydrogen) atoms. The van der Waals surface area contributed by atoms with Gasteiger partial charge >= 0.3 is 12.1 Å². The van der Waals surface area contributed by atoms with Gasteiger partial charge in [-0.2, -0.15) is 0 Å². The van der Waals surface area contributed by atoms with E-state index in [0.717, 1.165) is 35.4 Å². The lowest BCUT2D eigenvalue weighted by atomic mass is 9.95. The van der Waals surface area contributed by atoms with Crippen LogP contribution in [0.2, 0.25) is 0 Å². The standard InChI is InChI=1S/C20H27N5O3/c1-13(2)17-22-15-6-5-14(11-16(15)23-17)21-18(26)25-9-4-7-20(8-10-25)12-24(3)19(27)28-20/h5-6,11,13H,4,7-10,12H2,1-3H3,(H,21,26)(H,22,23)/t20-/m1/s1. The molecule has 1 spiro atoms. The molecule has 8 heteroatoms. The van der Waals surface area contributed by atoms with Crippen molar-refractivity contribution in [1.82, 2.24) is 19.8 Å². The lowest BCUT2D eigenvalue weighted by Crippen LogP contribution is -2.38. The number of hydrogen-bond donors (Lipinski definition) is 2. The van der Waals surface area contributed by atoms with Crippen LogP contribution < -0.4 is 5.32 Å². The number of likely N-dealkylation sites (tertiary alicyclic amines) is 1. The second kappa shape index (κ2) is 7.00. The first-order valence-corrected chi connectivity index (χ1v) is 9.85. The van der Waals surface area contributed by atoms with Gasteiger partial charge in [-0.3, -0.25) is 0 Å². The van der Waals surface area contributed by atoms with Gasteiger partial charge in [-0.05, 0) is 31.0 Å². The number of nitrogens with one attached hydrogen (secondary N) is 2. The van der Waals surface area contributed by atoms with Crippen LogP contribution in [0.3, 0.4) is 0 Å². The van der Waals surface area contributed by atoms with E-state index in [4.69, 9.17) is 4.74 Å². The minimum absolute atomic E-state index is 0.127. The summed E-state index contributed by atoms with van der Waals surface area (Å²) in [4.78, 5) is 35.8. The molecule has 4 rings (SSSR count). The van der Waals surface area contributed by atoms with Crippen LogP contribution in [0.1, 0.15) is 44.9 Å². The molecule has 0 saturated carbocycles. The van der Waals surface area contributed by atoms with Gasteiger partial charge in [0, 0.05) is 38.2 Å². The first-order chi connectivity index (χ1) is 13.3. The normalized spacial score (nSPS) is 22.8. The van der Waals surface area contributed by atoms with Crippen molar-refractivity contribution in [2.24, 2.45) is 0 Å². The first-order valence-electron chi connectivity index (χ1n) is 9.85. The van der Waals surface area contributed by atoms with E-state index < -0.39 is 5.60 Å². The highest BCUT2D eigenvalue weighted by atomic mass is 16.6. The summed E-state index contributed by atoms with van der Waals surface area (Å²) in [5.74, 6) is 1.26. The van der Waals surface area contributed by atoms with E-state index >= 15 is 0 Å². The summed E-state index contributed by atoms with van der Waals surface area (Å²) in [7, 11) is 1.75. The minimum Gasteiger partial charge on any atom is -0.441 e. The molecule has 2 N–H and O–H groups in total. The Morgan fingerprint density at radius 3 is 2.86 bits per heavy atom. The predicted molar refractivity (Wildman–Crippen MR) is 106 cm³/mol. The van der Waals surface area contributed by atoms with Crippen LogP contribution in [-0.2, 0) is 4.74 Å². The number of anilines is 1. The van der Waals surface area contributed by atoms with Crippen molar-refractivity contribution in [3.63, 3.8) is 0 Å². The fourth-order valence-corrected chi connectivity index (χ4v) is 4.01. The predicted octanol–water partition coefficient (Wildman–Crippen LogP) is 3.52. The molecule has 0 radical (unpaired) electrons. The van der Waals surface area contributed by atoms with Gasteiger partial charge in [-0.15, -0.1) is 0 Å². The fraction of sp³-hybridized carbons (Fsp3) is 0.550. The molecule has 3 amide bonds. The number of imidazole rings is 1. The smallest absolute Gasteiger partial charge is 0.410 e. The quantitative estimate of drug-likeness (QED) is 0.827. The number of carbonyl (C=O) groups excluding carboxylic acids is 2. The Bertz CT molecular complexity index is 908. The maximum absolute atomic E-state index is 12.8. The number of hydrogen-bond acceptors (Lipinski definition) is 4. The maximum Gasteiger partial charge on any atom is 0.410 e. The second-order valence-electron chi connectivity index (χ2n) is 8.19. The molecule has 3 heterocycles. The molecular weight excluding hydrogens is 358 g/mol. The van der Waals surface area contributed by atoms with Gasteiger partial charge in [-0.1, -0.05) is 13.8 Å². The van der Waals surface area contributed by atoms with E-state index in [1.54, 1.807) is 16.8 Å². The highest BCUT2D eigenvalue weighted by Crippen LogP contribution is 2.32. The minimum atomic E-state index is -0.455. The summed E-state index contributed by atoms with van der Waals surface area (Å²) >= 11 is 0. The van der Waals surface area contributed by atoms with Gasteiger partial charge < -0.3 is 24.8 Å². The highest BCUT2D eigenvalue weighted by molar-refractivity contribution is 5.92. The van der Waals surface area contributed by atoms with Crippen molar-refractivity contribution < 1.29 is 14.3 Å². The molecule has 2 aromatic rings. The summed E-state index contributed by atoms with van der Waals surface area (Å²) < 4.78 is 5.62. The van der Waals surface area contributed by atoms with E-state index in [-0.39, 0.29) is 12.1 Å². The van der Waals surface area contributed by atoms with Crippen molar-refractivity contribution >= 4 is 28.8 Å². The maximum atomic E-state index is 12.8. The van der Waals surface area contributed by atoms with Gasteiger partial charge in [-0.25, -0.2) is 14.6 Å². The SMILES string of the molecule is CC(C)c1nc2ccc(NC(=O)N3CCC[C@@]4(CC3)CN(C)C(=O)O4)cc2[nH]1. The largest absolute Gasteiger partial charge is 0.441 e. The monoisotopic (exact) mass is 385 g/mol. The Kier molecular flexibility index (Phi) is 4.64. The Labute approximate surface area is 164 Å². The lowest BCUT2D eigenvalue weighted by molar-refractivity contribution is 0.0454. The second-order valence-corrected chi connectivity index (χ2v) is 8.19. The number of H-pyrrole nitrogens is 1. The van der Waals surface area contributed by atoms with E-state index in [2.05, 4.69) is 29.1 Å². The van der Waals surface area contributed by atoms with Crippen LogP contribution in [0.15, 0.2) is 18.2 Å². The van der Waals surface area contributed by atoms with E-state index in [1.807, 2.05) is 18.2 Å². The topological polar surface area (TPSA) is 90.6 Å². The number of benzene rings is 1. The van der Waals surface area contributed by atoms with Crippen LogP contribution in [0.5, 0.6) is 0 Å². The molecule has 0 bridgehead atoms. The number of fused-ring (bicyclic) bond motifs is 1. The average molecular weight is 385 g/mol. The van der Waals surface area contributed by atoms with Crippen molar-refractivity contribution in [2.75, 3.05) is 32.0 Å². The number of aromatic nitrogens is 2. The third-order valence-corrected chi connectivity index (χ3v) is 5.62. The van der Waals surface area contributed by atoms with E-state index in [0.29, 0.717) is 32.0 Å². The number of amides is 3. The van der Waals surface area contributed by atoms with Crippen LogP contribution in [0.4, 0.5) is 15.3 Å². The van der Waals surface area contributed by atoms with Gasteiger partial charge in [0.25, 0.3) is 0 Å². The van der Waals surface area contributed by atoms with Crippen LogP contribution in [0, 0.1) is 0 Å². The van der Waals surface area contributed by atoms with Gasteiger partial charge in [0.1, 0.15) is 11.4 Å². The molecule has 2 aliphatic heterocycles. The lowest BCUT2D eigenvalue weighted by Gasteiger charge is -2.25. The zero-order valence-electron chi connectivity index (χ0n) is 16.6. The molecule has 150 valence electrons. The number of carbonyl (C=O) groups is 2. The molecule has 0 unspecified atom stereocenters. The van der Waals surface area contributed by atoms with Gasteiger partial charge in [0.15, 0.2) is 0 Å². The molecule has 8 nitrogen and oxygen atoms in total. The van der Waals surface area contributed by atoms with Crippen LogP contribution in [-0.4, -0.2) is 64.2 Å². The Hall–Kier alpha value is -2.77. The zero-order chi connectivity index (χ0) is 19.9. The molecule has 1 atom stereocenters. The zero-order valence-corrected chi connectivity index (χ0v) is 16.6. The Morgan fingerprint density at radius 2 is 2.14 bits per heavy atom. The van der Waals surface area contributed by atoms with Crippen molar-refractivity contribution in [1.29, 1.82) is 0 Å². The van der Waals surface area contributed by atoms with Crippen LogP contribution >= 0.6 is 0 Å². The van der Waals surface area contributed by atoms with Crippen LogP contribution in [0.25, 0.3) is 11.0 Å². The number of likely N-dealkylation sites (N-methyl/N-ethyl adjacent to an activating group) is 1. The molecule has 1 aromatic heterocycles. The highest BCUT2D eigenvalue weighted by Gasteiger charge is 2.44. The number of ether oxygens (including phenoxy) is 1. The summed E-state index contributed by atoms with van der Waals surface area (Å²) in [5.41, 5.74) is 2.09. The Balaban J connectivity index is 1.42.